The number of fused-ring (bicyclic) bond motifs is 2. The van der Waals surface area contributed by atoms with Gasteiger partial charge in [0.15, 0.2) is 12.0 Å². The van der Waals surface area contributed by atoms with E-state index in [2.05, 4.69) is 9.97 Å². The smallest absolute Gasteiger partial charge is 0.164 e. The molecule has 4 heterocycles. The second-order valence-corrected chi connectivity index (χ2v) is 7.83. The number of hydrogen-bond donors (Lipinski definition) is 0. The average Bonchev–Trinajstić information content (AvgIpc) is 3.27. The summed E-state index contributed by atoms with van der Waals surface area (Å²) < 4.78 is 20.4. The maximum Gasteiger partial charge on any atom is 0.164 e. The highest BCUT2D eigenvalue weighted by Crippen LogP contribution is 2.45. The Morgan fingerprint density at radius 2 is 1.81 bits per heavy atom. The van der Waals surface area contributed by atoms with E-state index < -0.39 is 5.79 Å². The van der Waals surface area contributed by atoms with E-state index >= 15 is 0 Å². The maximum atomic E-state index is 6.46. The highest BCUT2D eigenvalue weighted by Gasteiger charge is 2.54. The van der Waals surface area contributed by atoms with Gasteiger partial charge in [-0.25, -0.2) is 9.97 Å². The van der Waals surface area contributed by atoms with Crippen molar-refractivity contribution in [1.82, 2.24) is 14.5 Å². The van der Waals surface area contributed by atoms with Gasteiger partial charge in [0, 0.05) is 11.8 Å². The number of aromatic nitrogens is 3. The second-order valence-electron chi connectivity index (χ2n) is 7.48. The van der Waals surface area contributed by atoms with Gasteiger partial charge in [-0.2, -0.15) is 0 Å². The van der Waals surface area contributed by atoms with E-state index in [-0.39, 0.29) is 24.5 Å². The van der Waals surface area contributed by atoms with Crippen LogP contribution in [0.5, 0.6) is 0 Å². The predicted molar refractivity (Wildman–Crippen MR) is 101 cm³/mol. The van der Waals surface area contributed by atoms with Crippen molar-refractivity contribution in [2.45, 2.75) is 51.1 Å². The Labute approximate surface area is 162 Å². The Hall–Kier alpha value is -1.99. The summed E-state index contributed by atoms with van der Waals surface area (Å²) >= 11 is 6.46. The van der Waals surface area contributed by atoms with Crippen molar-refractivity contribution < 1.29 is 14.2 Å². The molecule has 2 aliphatic heterocycles. The van der Waals surface area contributed by atoms with Crippen LogP contribution in [0.2, 0.25) is 5.15 Å². The van der Waals surface area contributed by atoms with Gasteiger partial charge >= 0.3 is 0 Å². The molecule has 140 valence electrons. The van der Waals surface area contributed by atoms with E-state index in [0.717, 1.165) is 22.2 Å². The van der Waals surface area contributed by atoms with Gasteiger partial charge in [-0.05, 0) is 26.3 Å². The zero-order chi connectivity index (χ0) is 18.8. The number of rotatable bonds is 2. The molecular formula is C20H20ClN3O3. The van der Waals surface area contributed by atoms with Crippen molar-refractivity contribution in [2.75, 3.05) is 0 Å². The molecule has 6 nitrogen and oxygen atoms in total. The molecule has 0 aliphatic carbocycles. The summed E-state index contributed by atoms with van der Waals surface area (Å²) in [4.78, 5) is 8.68. The topological polar surface area (TPSA) is 58.4 Å². The van der Waals surface area contributed by atoms with Crippen molar-refractivity contribution >= 4 is 22.6 Å². The number of nitrogens with zero attached hydrogens (tertiary/aromatic N) is 3. The first-order valence-electron chi connectivity index (χ1n) is 9.02. The molecule has 2 saturated heterocycles. The molecular weight excluding hydrogens is 366 g/mol. The molecule has 5 rings (SSSR count). The Bertz CT molecular complexity index is 1000. The highest BCUT2D eigenvalue weighted by molar-refractivity contribution is 6.35. The number of ether oxygens (including phenoxy) is 3. The third kappa shape index (κ3) is 2.67. The second kappa shape index (κ2) is 6.01. The van der Waals surface area contributed by atoms with Gasteiger partial charge < -0.3 is 18.8 Å². The quantitative estimate of drug-likeness (QED) is 0.619. The van der Waals surface area contributed by atoms with E-state index in [1.807, 2.05) is 61.9 Å². The maximum absolute atomic E-state index is 6.46. The molecule has 4 atom stereocenters. The SMILES string of the molecule is C[C@H]1O[C@@H](n2cc(-c3ccccc3)c3c(Cl)ncnc32)[C@@H]2OC(C)(C)O[C@@H]21. The molecule has 3 aromatic rings. The van der Waals surface area contributed by atoms with Crippen molar-refractivity contribution in [3.8, 4) is 11.1 Å². The highest BCUT2D eigenvalue weighted by atomic mass is 35.5. The van der Waals surface area contributed by atoms with Crippen LogP contribution in [0.25, 0.3) is 22.2 Å². The molecule has 0 radical (unpaired) electrons. The summed E-state index contributed by atoms with van der Waals surface area (Å²) in [7, 11) is 0. The van der Waals surface area contributed by atoms with E-state index in [0.29, 0.717) is 5.15 Å². The van der Waals surface area contributed by atoms with Crippen molar-refractivity contribution in [2.24, 2.45) is 0 Å². The largest absolute Gasteiger partial charge is 0.349 e. The Balaban J connectivity index is 1.68. The van der Waals surface area contributed by atoms with Gasteiger partial charge in [0.25, 0.3) is 0 Å². The van der Waals surface area contributed by atoms with Gasteiger partial charge in [0.05, 0.1) is 11.5 Å². The van der Waals surface area contributed by atoms with Crippen LogP contribution >= 0.6 is 11.6 Å². The van der Waals surface area contributed by atoms with E-state index in [9.17, 15) is 0 Å². The van der Waals surface area contributed by atoms with Crippen molar-refractivity contribution in [3.63, 3.8) is 0 Å². The lowest BCUT2D eigenvalue weighted by Gasteiger charge is -2.24. The van der Waals surface area contributed by atoms with Crippen LogP contribution < -0.4 is 0 Å². The Kier molecular flexibility index (Phi) is 3.81. The summed E-state index contributed by atoms with van der Waals surface area (Å²) in [5.74, 6) is -0.635. The first kappa shape index (κ1) is 17.1. The van der Waals surface area contributed by atoms with Crippen LogP contribution in [-0.2, 0) is 14.2 Å². The molecule has 7 heteroatoms. The fraction of sp³-hybridized carbons (Fsp3) is 0.400. The van der Waals surface area contributed by atoms with E-state index in [1.54, 1.807) is 0 Å². The zero-order valence-corrected chi connectivity index (χ0v) is 16.1. The van der Waals surface area contributed by atoms with Gasteiger partial charge in [-0.15, -0.1) is 0 Å². The lowest BCUT2D eigenvalue weighted by atomic mass is 10.1. The van der Waals surface area contributed by atoms with Crippen LogP contribution in [0, 0.1) is 0 Å². The Morgan fingerprint density at radius 3 is 2.59 bits per heavy atom. The zero-order valence-electron chi connectivity index (χ0n) is 15.3. The average molecular weight is 386 g/mol. The molecule has 0 bridgehead atoms. The summed E-state index contributed by atoms with van der Waals surface area (Å²) in [6.45, 7) is 5.86. The minimum Gasteiger partial charge on any atom is -0.349 e. The number of benzene rings is 1. The molecule has 2 fully saturated rings. The predicted octanol–water partition coefficient (Wildman–Crippen LogP) is 4.19. The van der Waals surface area contributed by atoms with Crippen molar-refractivity contribution in [3.05, 3.63) is 48.0 Å². The lowest BCUT2D eigenvalue weighted by molar-refractivity contribution is -0.194. The van der Waals surface area contributed by atoms with Gasteiger partial charge in [-0.3, -0.25) is 0 Å². The van der Waals surface area contributed by atoms with Crippen LogP contribution in [0.4, 0.5) is 0 Å². The first-order valence-corrected chi connectivity index (χ1v) is 9.40. The number of halogens is 1. The fourth-order valence-corrected chi connectivity index (χ4v) is 4.31. The van der Waals surface area contributed by atoms with Crippen LogP contribution in [-0.4, -0.2) is 38.6 Å². The lowest BCUT2D eigenvalue weighted by Crippen LogP contribution is -2.27. The summed E-state index contributed by atoms with van der Waals surface area (Å²) in [6.07, 6.45) is 2.72. The normalized spacial score (nSPS) is 29.3. The molecule has 0 amide bonds. The molecule has 2 aromatic heterocycles. The van der Waals surface area contributed by atoms with Gasteiger partial charge in [-0.1, -0.05) is 41.9 Å². The Morgan fingerprint density at radius 1 is 1.07 bits per heavy atom. The fourth-order valence-electron chi connectivity index (χ4n) is 4.08. The minimum absolute atomic E-state index is 0.0864. The molecule has 1 aromatic carbocycles. The molecule has 2 aliphatic rings. The van der Waals surface area contributed by atoms with Crippen LogP contribution in [0.15, 0.2) is 42.9 Å². The summed E-state index contributed by atoms with van der Waals surface area (Å²) in [5, 5.41) is 1.23. The number of hydrogen-bond acceptors (Lipinski definition) is 5. The standard InChI is InChI=1S/C20H20ClN3O3/c1-11-15-16(27-20(2,3)26-15)19(25-11)24-9-13(12-7-5-4-6-8-12)14-17(21)22-10-23-18(14)24/h4-11,15-16,19H,1-3H3/t11-,15-,16-,19-/m1/s1. The van der Waals surface area contributed by atoms with Crippen LogP contribution in [0.3, 0.4) is 0 Å². The third-order valence-electron chi connectivity index (χ3n) is 5.18. The summed E-state index contributed by atoms with van der Waals surface area (Å²) in [6, 6.07) is 10.1. The molecule has 0 unspecified atom stereocenters. The van der Waals surface area contributed by atoms with E-state index in [4.69, 9.17) is 25.8 Å². The molecule has 0 saturated carbocycles. The molecule has 27 heavy (non-hydrogen) atoms. The third-order valence-corrected chi connectivity index (χ3v) is 5.47. The van der Waals surface area contributed by atoms with Gasteiger partial charge in [0.2, 0.25) is 0 Å². The first-order chi connectivity index (χ1) is 12.9. The van der Waals surface area contributed by atoms with E-state index in [1.165, 1.54) is 6.33 Å². The van der Waals surface area contributed by atoms with Crippen LogP contribution in [0.1, 0.15) is 27.0 Å². The summed E-state index contributed by atoms with van der Waals surface area (Å²) in [5.41, 5.74) is 2.73. The monoisotopic (exact) mass is 385 g/mol. The van der Waals surface area contributed by atoms with Crippen molar-refractivity contribution in [1.29, 1.82) is 0 Å². The minimum atomic E-state index is -0.635. The van der Waals surface area contributed by atoms with Gasteiger partial charge in [0.1, 0.15) is 29.3 Å². The molecule has 0 N–H and O–H groups in total. The molecule has 0 spiro atoms.